The summed E-state index contributed by atoms with van der Waals surface area (Å²) in [5.41, 5.74) is 0. The molecular weight excluding hydrogens is 260 g/mol. The molecule has 6 heteroatoms. The molecule has 0 heterocycles. The van der Waals surface area contributed by atoms with Crippen LogP contribution in [0.25, 0.3) is 0 Å². The van der Waals surface area contributed by atoms with E-state index >= 15 is 0 Å². The zero-order valence-electron chi connectivity index (χ0n) is 12.2. The van der Waals surface area contributed by atoms with Crippen molar-refractivity contribution in [1.29, 1.82) is 0 Å². The highest BCUT2D eigenvalue weighted by Gasteiger charge is 2.34. The predicted molar refractivity (Wildman–Crippen MR) is 74.1 cm³/mol. The Kier molecular flexibility index (Phi) is 6.48. The number of hydrogen-bond donors (Lipinski definition) is 2. The highest BCUT2D eigenvalue weighted by Crippen LogP contribution is 2.28. The summed E-state index contributed by atoms with van der Waals surface area (Å²) < 4.78 is 0. The van der Waals surface area contributed by atoms with Crippen molar-refractivity contribution in [1.82, 2.24) is 10.2 Å². The minimum absolute atomic E-state index is 0.118. The van der Waals surface area contributed by atoms with E-state index in [2.05, 4.69) is 5.32 Å². The predicted octanol–water partition coefficient (Wildman–Crippen LogP) is 1.00. The smallest absolute Gasteiger partial charge is 0.308 e. The van der Waals surface area contributed by atoms with Crippen molar-refractivity contribution in [2.24, 2.45) is 5.92 Å². The third kappa shape index (κ3) is 5.59. The Morgan fingerprint density at radius 3 is 2.45 bits per heavy atom. The number of rotatable bonds is 9. The second-order valence-electron chi connectivity index (χ2n) is 5.37. The normalized spacial score (nSPS) is 15.5. The summed E-state index contributed by atoms with van der Waals surface area (Å²) in [6.45, 7) is 4.41. The van der Waals surface area contributed by atoms with Crippen molar-refractivity contribution in [3.63, 3.8) is 0 Å². The van der Waals surface area contributed by atoms with Gasteiger partial charge in [0, 0.05) is 32.0 Å². The number of carboxylic acids is 1. The molecule has 0 bridgehead atoms. The van der Waals surface area contributed by atoms with E-state index in [0.717, 1.165) is 19.3 Å². The maximum absolute atomic E-state index is 12.1. The molecule has 1 atom stereocenters. The summed E-state index contributed by atoms with van der Waals surface area (Å²) in [6, 6.07) is 0.169. The van der Waals surface area contributed by atoms with E-state index in [4.69, 9.17) is 5.11 Å². The standard InChI is InChI=1S/C14H24N2O4/c1-3-8-15-12(17)6-7-13(18)16(11-4-5-11)9-10(2)14(19)20/h10-11H,3-9H2,1-2H3,(H,15,17)(H,19,20). The minimum Gasteiger partial charge on any atom is -0.481 e. The molecule has 0 aromatic rings. The summed E-state index contributed by atoms with van der Waals surface area (Å²) in [5, 5.41) is 11.7. The third-order valence-corrected chi connectivity index (χ3v) is 3.34. The molecule has 1 unspecified atom stereocenters. The molecule has 1 aliphatic rings. The summed E-state index contributed by atoms with van der Waals surface area (Å²) >= 11 is 0. The molecule has 6 nitrogen and oxygen atoms in total. The average Bonchev–Trinajstić information content (AvgIpc) is 3.23. The quantitative estimate of drug-likeness (QED) is 0.661. The lowest BCUT2D eigenvalue weighted by atomic mass is 10.1. The number of hydrogen-bond acceptors (Lipinski definition) is 3. The molecule has 1 aliphatic carbocycles. The monoisotopic (exact) mass is 284 g/mol. The van der Waals surface area contributed by atoms with Crippen molar-refractivity contribution >= 4 is 17.8 Å². The Morgan fingerprint density at radius 2 is 1.95 bits per heavy atom. The molecular formula is C14H24N2O4. The van der Waals surface area contributed by atoms with Crippen LogP contribution >= 0.6 is 0 Å². The Labute approximate surface area is 119 Å². The number of aliphatic carboxylic acids is 1. The van der Waals surface area contributed by atoms with Crippen molar-refractivity contribution in [2.75, 3.05) is 13.1 Å². The van der Waals surface area contributed by atoms with Gasteiger partial charge in [-0.25, -0.2) is 0 Å². The van der Waals surface area contributed by atoms with Gasteiger partial charge in [0.25, 0.3) is 0 Å². The molecule has 1 fully saturated rings. The molecule has 2 N–H and O–H groups in total. The van der Waals surface area contributed by atoms with Crippen LogP contribution in [0.3, 0.4) is 0 Å². The lowest BCUT2D eigenvalue weighted by Gasteiger charge is -2.24. The number of carbonyl (C=O) groups excluding carboxylic acids is 2. The van der Waals surface area contributed by atoms with Crippen molar-refractivity contribution in [3.05, 3.63) is 0 Å². The molecule has 0 spiro atoms. The molecule has 0 radical (unpaired) electrons. The number of nitrogens with one attached hydrogen (secondary N) is 1. The first kappa shape index (κ1) is 16.5. The van der Waals surface area contributed by atoms with Crippen LogP contribution in [-0.2, 0) is 14.4 Å². The van der Waals surface area contributed by atoms with Crippen LogP contribution in [0.15, 0.2) is 0 Å². The first-order valence-electron chi connectivity index (χ1n) is 7.24. The molecule has 0 saturated heterocycles. The lowest BCUT2D eigenvalue weighted by molar-refractivity contribution is -0.143. The van der Waals surface area contributed by atoms with Gasteiger partial charge in [-0.05, 0) is 19.3 Å². The number of carbonyl (C=O) groups is 3. The Bertz CT molecular complexity index is 366. The summed E-state index contributed by atoms with van der Waals surface area (Å²) in [5.74, 6) is -1.72. The maximum atomic E-state index is 12.1. The molecule has 20 heavy (non-hydrogen) atoms. The van der Waals surface area contributed by atoms with Gasteiger partial charge in [0.05, 0.1) is 5.92 Å². The van der Waals surface area contributed by atoms with Crippen LogP contribution in [0.1, 0.15) is 46.0 Å². The van der Waals surface area contributed by atoms with E-state index in [1.165, 1.54) is 0 Å². The maximum Gasteiger partial charge on any atom is 0.308 e. The summed E-state index contributed by atoms with van der Waals surface area (Å²) in [4.78, 5) is 36.1. The largest absolute Gasteiger partial charge is 0.481 e. The van der Waals surface area contributed by atoms with E-state index in [-0.39, 0.29) is 37.2 Å². The number of amides is 2. The first-order valence-corrected chi connectivity index (χ1v) is 7.24. The second kappa shape index (κ2) is 7.87. The SMILES string of the molecule is CCCNC(=O)CCC(=O)N(CC(C)C(=O)O)C1CC1. The average molecular weight is 284 g/mol. The molecule has 0 aliphatic heterocycles. The zero-order valence-corrected chi connectivity index (χ0v) is 12.2. The molecule has 0 aromatic heterocycles. The van der Waals surface area contributed by atoms with Crippen molar-refractivity contribution in [3.8, 4) is 0 Å². The summed E-state index contributed by atoms with van der Waals surface area (Å²) in [6.07, 6.45) is 3.05. The fraction of sp³-hybridized carbons (Fsp3) is 0.786. The van der Waals surface area contributed by atoms with Crippen molar-refractivity contribution in [2.45, 2.75) is 52.0 Å². The molecule has 1 rings (SSSR count). The fourth-order valence-electron chi connectivity index (χ4n) is 1.93. The molecule has 1 saturated carbocycles. The zero-order chi connectivity index (χ0) is 15.1. The number of nitrogens with zero attached hydrogens (tertiary/aromatic N) is 1. The van der Waals surface area contributed by atoms with Gasteiger partial charge in [-0.15, -0.1) is 0 Å². The lowest BCUT2D eigenvalue weighted by Crippen LogP contribution is -2.39. The van der Waals surface area contributed by atoms with E-state index < -0.39 is 11.9 Å². The van der Waals surface area contributed by atoms with Gasteiger partial charge in [-0.2, -0.15) is 0 Å². The van der Waals surface area contributed by atoms with Gasteiger partial charge in [-0.3, -0.25) is 14.4 Å². The molecule has 0 aromatic carbocycles. The highest BCUT2D eigenvalue weighted by atomic mass is 16.4. The molecule has 114 valence electrons. The topological polar surface area (TPSA) is 86.7 Å². The third-order valence-electron chi connectivity index (χ3n) is 3.34. The first-order chi connectivity index (χ1) is 9.45. The molecule has 2 amide bonds. The summed E-state index contributed by atoms with van der Waals surface area (Å²) in [7, 11) is 0. The van der Waals surface area contributed by atoms with Gasteiger partial charge in [-0.1, -0.05) is 13.8 Å². The van der Waals surface area contributed by atoms with E-state index in [1.807, 2.05) is 6.92 Å². The van der Waals surface area contributed by atoms with Gasteiger partial charge < -0.3 is 15.3 Å². The van der Waals surface area contributed by atoms with Crippen LogP contribution in [0.4, 0.5) is 0 Å². The van der Waals surface area contributed by atoms with Gasteiger partial charge in [0.1, 0.15) is 0 Å². The van der Waals surface area contributed by atoms with E-state index in [1.54, 1.807) is 11.8 Å². The Morgan fingerprint density at radius 1 is 1.30 bits per heavy atom. The van der Waals surface area contributed by atoms with Gasteiger partial charge in [0.15, 0.2) is 0 Å². The van der Waals surface area contributed by atoms with Crippen LogP contribution in [0.2, 0.25) is 0 Å². The van der Waals surface area contributed by atoms with Gasteiger partial charge >= 0.3 is 5.97 Å². The van der Waals surface area contributed by atoms with Crippen LogP contribution in [0, 0.1) is 5.92 Å². The van der Waals surface area contributed by atoms with Crippen molar-refractivity contribution < 1.29 is 19.5 Å². The van der Waals surface area contributed by atoms with Crippen LogP contribution < -0.4 is 5.32 Å². The Balaban J connectivity index is 2.40. The number of carboxylic acid groups (broad SMARTS) is 1. The Hall–Kier alpha value is -1.59. The minimum atomic E-state index is -0.899. The van der Waals surface area contributed by atoms with Crippen LogP contribution in [-0.4, -0.2) is 46.9 Å². The fourth-order valence-corrected chi connectivity index (χ4v) is 1.93. The van der Waals surface area contributed by atoms with Gasteiger partial charge in [0.2, 0.25) is 11.8 Å². The van der Waals surface area contributed by atoms with Crippen LogP contribution in [0.5, 0.6) is 0 Å². The van der Waals surface area contributed by atoms with E-state index in [0.29, 0.717) is 6.54 Å². The highest BCUT2D eigenvalue weighted by molar-refractivity contribution is 5.84. The van der Waals surface area contributed by atoms with E-state index in [9.17, 15) is 14.4 Å². The second-order valence-corrected chi connectivity index (χ2v) is 5.37.